The van der Waals surface area contributed by atoms with Gasteiger partial charge < -0.3 is 16.4 Å². The molecule has 0 bridgehead atoms. The quantitative estimate of drug-likeness (QED) is 0.728. The number of nitrogens with two attached hydrogens (primary N) is 1. The Labute approximate surface area is 108 Å². The first-order valence-corrected chi connectivity index (χ1v) is 5.43. The van der Waals surface area contributed by atoms with Crippen molar-refractivity contribution >= 4 is 23.1 Å². The number of anilines is 3. The third kappa shape index (κ3) is 3.41. The highest BCUT2D eigenvalue weighted by Gasteiger charge is 2.07. The van der Waals surface area contributed by atoms with Gasteiger partial charge in [0.15, 0.2) is 0 Å². The molecule has 4 nitrogen and oxygen atoms in total. The van der Waals surface area contributed by atoms with Crippen molar-refractivity contribution in [2.24, 2.45) is 0 Å². The number of carbonyl (C=O) groups is 1. The highest BCUT2D eigenvalue weighted by molar-refractivity contribution is 6.01. The molecule has 0 radical (unpaired) electrons. The van der Waals surface area contributed by atoms with Gasteiger partial charge in [-0.05, 0) is 36.4 Å². The molecular formula is C13H11F2N3O. The van der Waals surface area contributed by atoms with E-state index in [1.165, 1.54) is 30.3 Å². The summed E-state index contributed by atoms with van der Waals surface area (Å²) in [6.07, 6.45) is 0. The van der Waals surface area contributed by atoms with Gasteiger partial charge in [-0.3, -0.25) is 0 Å². The molecule has 4 N–H and O–H groups in total. The fourth-order valence-corrected chi connectivity index (χ4v) is 1.49. The van der Waals surface area contributed by atoms with Crippen LogP contribution < -0.4 is 16.4 Å². The normalized spacial score (nSPS) is 10.0. The monoisotopic (exact) mass is 263 g/mol. The van der Waals surface area contributed by atoms with Crippen LogP contribution in [0.2, 0.25) is 0 Å². The standard InChI is InChI=1S/C13H11F2N3O/c14-8-2-1-3-10(6-8)17-13(19)18-12-7-9(15)4-5-11(12)16/h1-7H,16H2,(H2,17,18,19). The molecule has 0 aromatic heterocycles. The minimum absolute atomic E-state index is 0.147. The number of urea groups is 1. The molecule has 0 fully saturated rings. The Balaban J connectivity index is 2.07. The van der Waals surface area contributed by atoms with Crippen LogP contribution in [0.25, 0.3) is 0 Å². The minimum atomic E-state index is -0.636. The molecule has 0 unspecified atom stereocenters. The number of halogens is 2. The van der Waals surface area contributed by atoms with E-state index in [0.717, 1.165) is 12.1 Å². The van der Waals surface area contributed by atoms with Crippen LogP contribution in [0.15, 0.2) is 42.5 Å². The zero-order valence-electron chi connectivity index (χ0n) is 9.78. The van der Waals surface area contributed by atoms with Crippen LogP contribution >= 0.6 is 0 Å². The van der Waals surface area contributed by atoms with E-state index in [2.05, 4.69) is 10.6 Å². The average molecular weight is 263 g/mol. The van der Waals surface area contributed by atoms with Gasteiger partial charge in [0, 0.05) is 5.69 Å². The van der Waals surface area contributed by atoms with E-state index in [-0.39, 0.29) is 17.1 Å². The number of nitrogens with one attached hydrogen (secondary N) is 2. The van der Waals surface area contributed by atoms with Gasteiger partial charge in [0.05, 0.1) is 11.4 Å². The van der Waals surface area contributed by atoms with E-state index in [0.29, 0.717) is 0 Å². The van der Waals surface area contributed by atoms with E-state index in [1.54, 1.807) is 0 Å². The Hall–Kier alpha value is -2.63. The van der Waals surface area contributed by atoms with Gasteiger partial charge in [-0.25, -0.2) is 13.6 Å². The van der Waals surface area contributed by atoms with Gasteiger partial charge in [0.25, 0.3) is 0 Å². The Kier molecular flexibility index (Phi) is 3.61. The van der Waals surface area contributed by atoms with Gasteiger partial charge in [0.1, 0.15) is 11.6 Å². The van der Waals surface area contributed by atoms with E-state index >= 15 is 0 Å². The number of hydrogen-bond acceptors (Lipinski definition) is 2. The molecular weight excluding hydrogens is 252 g/mol. The zero-order valence-corrected chi connectivity index (χ0v) is 9.78. The smallest absolute Gasteiger partial charge is 0.323 e. The summed E-state index contributed by atoms with van der Waals surface area (Å²) >= 11 is 0. The summed E-state index contributed by atoms with van der Waals surface area (Å²) in [5.41, 5.74) is 6.25. The summed E-state index contributed by atoms with van der Waals surface area (Å²) in [5.74, 6) is -0.988. The van der Waals surface area contributed by atoms with Crippen molar-refractivity contribution in [1.82, 2.24) is 0 Å². The first kappa shape index (κ1) is 12.8. The molecule has 2 amide bonds. The molecule has 98 valence electrons. The molecule has 0 aliphatic heterocycles. The van der Waals surface area contributed by atoms with Crippen molar-refractivity contribution in [3.05, 3.63) is 54.1 Å². The molecule has 6 heteroatoms. The van der Waals surface area contributed by atoms with Crippen molar-refractivity contribution in [3.63, 3.8) is 0 Å². The molecule has 2 aromatic rings. The van der Waals surface area contributed by atoms with Crippen molar-refractivity contribution in [2.75, 3.05) is 16.4 Å². The molecule has 0 saturated carbocycles. The van der Waals surface area contributed by atoms with Crippen LogP contribution in [0.3, 0.4) is 0 Å². The van der Waals surface area contributed by atoms with Crippen molar-refractivity contribution < 1.29 is 13.6 Å². The van der Waals surface area contributed by atoms with Gasteiger partial charge in [-0.15, -0.1) is 0 Å². The number of amides is 2. The van der Waals surface area contributed by atoms with Gasteiger partial charge in [-0.2, -0.15) is 0 Å². The number of rotatable bonds is 2. The largest absolute Gasteiger partial charge is 0.397 e. The number of hydrogen-bond donors (Lipinski definition) is 3. The summed E-state index contributed by atoms with van der Waals surface area (Å²) in [5, 5.41) is 4.79. The Bertz CT molecular complexity index is 617. The molecule has 19 heavy (non-hydrogen) atoms. The second kappa shape index (κ2) is 5.34. The molecule has 0 spiro atoms. The summed E-state index contributed by atoms with van der Waals surface area (Å²) < 4.78 is 25.9. The lowest BCUT2D eigenvalue weighted by molar-refractivity contribution is 0.262. The second-order valence-corrected chi connectivity index (χ2v) is 3.82. The number of benzene rings is 2. The van der Waals surface area contributed by atoms with E-state index in [4.69, 9.17) is 5.73 Å². The molecule has 0 aliphatic carbocycles. The lowest BCUT2D eigenvalue weighted by Crippen LogP contribution is -2.20. The van der Waals surface area contributed by atoms with Crippen molar-refractivity contribution in [2.45, 2.75) is 0 Å². The van der Waals surface area contributed by atoms with Gasteiger partial charge in [0.2, 0.25) is 0 Å². The van der Waals surface area contributed by atoms with Crippen LogP contribution in [0.5, 0.6) is 0 Å². The topological polar surface area (TPSA) is 67.1 Å². The first-order chi connectivity index (χ1) is 9.04. The van der Waals surface area contributed by atoms with Gasteiger partial charge >= 0.3 is 6.03 Å². The highest BCUT2D eigenvalue weighted by Crippen LogP contribution is 2.19. The number of nitrogen functional groups attached to an aromatic ring is 1. The maximum atomic E-state index is 13.0. The van der Waals surface area contributed by atoms with Crippen LogP contribution in [-0.4, -0.2) is 6.03 Å². The Morgan fingerprint density at radius 2 is 1.74 bits per heavy atom. The van der Waals surface area contributed by atoms with Gasteiger partial charge in [-0.1, -0.05) is 6.07 Å². The fourth-order valence-electron chi connectivity index (χ4n) is 1.49. The lowest BCUT2D eigenvalue weighted by Gasteiger charge is -2.09. The fraction of sp³-hybridized carbons (Fsp3) is 0. The third-order valence-corrected chi connectivity index (χ3v) is 2.35. The molecule has 0 saturated heterocycles. The zero-order chi connectivity index (χ0) is 13.8. The summed E-state index contributed by atoms with van der Waals surface area (Å²) in [4.78, 5) is 11.6. The second-order valence-electron chi connectivity index (χ2n) is 3.82. The predicted octanol–water partition coefficient (Wildman–Crippen LogP) is 3.19. The van der Waals surface area contributed by atoms with Crippen molar-refractivity contribution in [3.8, 4) is 0 Å². The van der Waals surface area contributed by atoms with Crippen LogP contribution in [0.1, 0.15) is 0 Å². The first-order valence-electron chi connectivity index (χ1n) is 5.43. The van der Waals surface area contributed by atoms with Crippen LogP contribution in [-0.2, 0) is 0 Å². The maximum Gasteiger partial charge on any atom is 0.323 e. The molecule has 2 rings (SSSR count). The summed E-state index contributed by atoms with van der Waals surface area (Å²) in [6.45, 7) is 0. The summed E-state index contributed by atoms with van der Waals surface area (Å²) in [6, 6.07) is 8.39. The highest BCUT2D eigenvalue weighted by atomic mass is 19.1. The van der Waals surface area contributed by atoms with E-state index < -0.39 is 17.7 Å². The number of carbonyl (C=O) groups excluding carboxylic acids is 1. The maximum absolute atomic E-state index is 13.0. The van der Waals surface area contributed by atoms with Crippen molar-refractivity contribution in [1.29, 1.82) is 0 Å². The lowest BCUT2D eigenvalue weighted by atomic mass is 10.2. The SMILES string of the molecule is Nc1ccc(F)cc1NC(=O)Nc1cccc(F)c1. The molecule has 2 aromatic carbocycles. The Morgan fingerprint density at radius 3 is 2.47 bits per heavy atom. The van der Waals surface area contributed by atoms with E-state index in [1.807, 2.05) is 0 Å². The minimum Gasteiger partial charge on any atom is -0.397 e. The van der Waals surface area contributed by atoms with Crippen LogP contribution in [0, 0.1) is 11.6 Å². The molecule has 0 atom stereocenters. The molecule has 0 heterocycles. The Morgan fingerprint density at radius 1 is 1.00 bits per heavy atom. The third-order valence-electron chi connectivity index (χ3n) is 2.35. The van der Waals surface area contributed by atoms with E-state index in [9.17, 15) is 13.6 Å². The van der Waals surface area contributed by atoms with Crippen LogP contribution in [0.4, 0.5) is 30.6 Å². The average Bonchev–Trinajstić information content (AvgIpc) is 2.34. The predicted molar refractivity (Wildman–Crippen MR) is 69.9 cm³/mol. The molecule has 0 aliphatic rings. The summed E-state index contributed by atoms with van der Waals surface area (Å²) in [7, 11) is 0.